The Labute approximate surface area is 83.3 Å². The van der Waals surface area contributed by atoms with Crippen molar-refractivity contribution in [1.29, 1.82) is 0 Å². The van der Waals surface area contributed by atoms with E-state index in [1.54, 1.807) is 30.3 Å². The third-order valence-corrected chi connectivity index (χ3v) is 2.04. The zero-order valence-electron chi connectivity index (χ0n) is 8.16. The maximum atomic E-state index is 13.7. The van der Waals surface area contributed by atoms with Gasteiger partial charge < -0.3 is 0 Å². The highest BCUT2D eigenvalue weighted by atomic mass is 19.1. The van der Waals surface area contributed by atoms with Crippen LogP contribution in [-0.2, 0) is 0 Å². The lowest BCUT2D eigenvalue weighted by Crippen LogP contribution is -2.29. The third-order valence-electron chi connectivity index (χ3n) is 2.04. The average Bonchev–Trinajstić information content (AvgIpc) is 2.18. The molecule has 1 nitrogen and oxygen atoms in total. The maximum absolute atomic E-state index is 13.7. The summed E-state index contributed by atoms with van der Waals surface area (Å²) in [6, 6.07) is 8.46. The van der Waals surface area contributed by atoms with E-state index in [1.807, 2.05) is 0 Å². The normalized spacial score (nSPS) is 14.4. The zero-order valence-corrected chi connectivity index (χ0v) is 8.16. The highest BCUT2D eigenvalue weighted by molar-refractivity contribution is 6.02. The molecular formula is C12H13FO. The van der Waals surface area contributed by atoms with Gasteiger partial charge in [-0.05, 0) is 6.92 Å². The third kappa shape index (κ3) is 2.28. The molecule has 74 valence electrons. The van der Waals surface area contributed by atoms with Gasteiger partial charge in [0.25, 0.3) is 0 Å². The minimum absolute atomic E-state index is 0.0424. The molecule has 0 bridgehead atoms. The molecule has 0 spiro atoms. The lowest BCUT2D eigenvalue weighted by Gasteiger charge is -2.16. The fourth-order valence-electron chi connectivity index (χ4n) is 1.25. The van der Waals surface area contributed by atoms with Crippen molar-refractivity contribution < 1.29 is 9.18 Å². The molecular weight excluding hydrogens is 179 g/mol. The molecule has 0 saturated carbocycles. The zero-order chi connectivity index (χ0) is 10.6. The van der Waals surface area contributed by atoms with E-state index in [1.165, 1.54) is 13.0 Å². The van der Waals surface area contributed by atoms with Crippen LogP contribution < -0.4 is 0 Å². The lowest BCUT2D eigenvalue weighted by atomic mass is 9.93. The quantitative estimate of drug-likeness (QED) is 0.529. The van der Waals surface area contributed by atoms with Crippen LogP contribution in [-0.4, -0.2) is 11.5 Å². The van der Waals surface area contributed by atoms with Crippen LogP contribution in [0.3, 0.4) is 0 Å². The molecule has 0 unspecified atom stereocenters. The number of carbonyl (C=O) groups is 1. The Bertz CT molecular complexity index is 327. The van der Waals surface area contributed by atoms with E-state index in [0.29, 0.717) is 5.56 Å². The molecule has 0 aliphatic rings. The van der Waals surface area contributed by atoms with E-state index in [-0.39, 0.29) is 6.42 Å². The molecule has 1 aromatic carbocycles. The van der Waals surface area contributed by atoms with Gasteiger partial charge in [0, 0.05) is 12.0 Å². The molecule has 0 heterocycles. The summed E-state index contributed by atoms with van der Waals surface area (Å²) in [7, 11) is 0. The first-order valence-corrected chi connectivity index (χ1v) is 4.47. The maximum Gasteiger partial charge on any atom is 0.200 e. The minimum atomic E-state index is -1.84. The number of alkyl halides is 1. The number of rotatable bonds is 4. The Balaban J connectivity index is 2.90. The first-order chi connectivity index (χ1) is 6.58. The van der Waals surface area contributed by atoms with Crippen LogP contribution in [0.4, 0.5) is 4.39 Å². The second-order valence-electron chi connectivity index (χ2n) is 3.39. The lowest BCUT2D eigenvalue weighted by molar-refractivity contribution is 0.0730. The predicted octanol–water partition coefficient (Wildman–Crippen LogP) is 3.17. The number of ketones is 1. The summed E-state index contributed by atoms with van der Waals surface area (Å²) in [6.45, 7) is 4.71. The highest BCUT2D eigenvalue weighted by Gasteiger charge is 2.31. The van der Waals surface area contributed by atoms with Crippen molar-refractivity contribution in [3.8, 4) is 0 Å². The van der Waals surface area contributed by atoms with Gasteiger partial charge in [-0.25, -0.2) is 4.39 Å². The van der Waals surface area contributed by atoms with E-state index in [4.69, 9.17) is 0 Å². The molecule has 1 rings (SSSR count). The topological polar surface area (TPSA) is 17.1 Å². The molecule has 1 aromatic rings. The SMILES string of the molecule is C=CC[C@@](C)(F)C(=O)c1ccccc1. The van der Waals surface area contributed by atoms with Crippen molar-refractivity contribution in [2.24, 2.45) is 0 Å². The van der Waals surface area contributed by atoms with E-state index in [0.717, 1.165) is 0 Å². The molecule has 14 heavy (non-hydrogen) atoms. The number of hydrogen-bond donors (Lipinski definition) is 0. The summed E-state index contributed by atoms with van der Waals surface area (Å²) in [5, 5.41) is 0. The van der Waals surface area contributed by atoms with Gasteiger partial charge in [-0.15, -0.1) is 6.58 Å². The standard InChI is InChI=1S/C12H13FO/c1-3-9-12(2,13)11(14)10-7-5-4-6-8-10/h3-8H,1,9H2,2H3/t12-/m1/s1. The Kier molecular flexibility index (Phi) is 3.18. The Morgan fingerprint density at radius 2 is 2.07 bits per heavy atom. The molecule has 0 saturated heterocycles. The van der Waals surface area contributed by atoms with Crippen LogP contribution in [0.25, 0.3) is 0 Å². The summed E-state index contributed by atoms with van der Waals surface area (Å²) in [5.74, 6) is -0.488. The molecule has 0 aliphatic carbocycles. The molecule has 0 amide bonds. The number of hydrogen-bond acceptors (Lipinski definition) is 1. The fraction of sp³-hybridized carbons (Fsp3) is 0.250. The second kappa shape index (κ2) is 4.18. The average molecular weight is 192 g/mol. The van der Waals surface area contributed by atoms with Crippen molar-refractivity contribution in [2.45, 2.75) is 19.0 Å². The molecule has 1 atom stereocenters. The fourth-order valence-corrected chi connectivity index (χ4v) is 1.25. The predicted molar refractivity (Wildman–Crippen MR) is 55.1 cm³/mol. The van der Waals surface area contributed by atoms with Crippen molar-refractivity contribution in [1.82, 2.24) is 0 Å². The van der Waals surface area contributed by atoms with E-state index in [9.17, 15) is 9.18 Å². The summed E-state index contributed by atoms with van der Waals surface area (Å²) in [6.07, 6.45) is 1.46. The van der Waals surface area contributed by atoms with Crippen LogP contribution in [0.15, 0.2) is 43.0 Å². The smallest absolute Gasteiger partial charge is 0.200 e. The molecule has 0 radical (unpaired) electrons. The van der Waals surface area contributed by atoms with Crippen LogP contribution in [0.5, 0.6) is 0 Å². The first-order valence-electron chi connectivity index (χ1n) is 4.47. The van der Waals surface area contributed by atoms with E-state index >= 15 is 0 Å². The van der Waals surface area contributed by atoms with Crippen LogP contribution >= 0.6 is 0 Å². The Hall–Kier alpha value is -1.44. The largest absolute Gasteiger partial charge is 0.291 e. The number of carbonyl (C=O) groups excluding carboxylic acids is 1. The molecule has 0 aliphatic heterocycles. The van der Waals surface area contributed by atoms with Crippen molar-refractivity contribution in [3.05, 3.63) is 48.6 Å². The van der Waals surface area contributed by atoms with Gasteiger partial charge >= 0.3 is 0 Å². The summed E-state index contributed by atoms with van der Waals surface area (Å²) in [5.41, 5.74) is -1.44. The number of Topliss-reactive ketones (excluding diaryl/α,β-unsaturated/α-hetero) is 1. The van der Waals surface area contributed by atoms with Gasteiger partial charge in [0.15, 0.2) is 11.5 Å². The number of benzene rings is 1. The van der Waals surface area contributed by atoms with Gasteiger partial charge in [0.2, 0.25) is 0 Å². The Morgan fingerprint density at radius 1 is 1.50 bits per heavy atom. The van der Waals surface area contributed by atoms with Gasteiger partial charge in [0.05, 0.1) is 0 Å². The summed E-state index contributed by atoms with van der Waals surface area (Å²) in [4.78, 5) is 11.6. The molecule has 0 aromatic heterocycles. The van der Waals surface area contributed by atoms with E-state index in [2.05, 4.69) is 6.58 Å². The van der Waals surface area contributed by atoms with Crippen LogP contribution in [0.2, 0.25) is 0 Å². The summed E-state index contributed by atoms with van der Waals surface area (Å²) >= 11 is 0. The Morgan fingerprint density at radius 3 is 2.57 bits per heavy atom. The van der Waals surface area contributed by atoms with Crippen molar-refractivity contribution >= 4 is 5.78 Å². The van der Waals surface area contributed by atoms with Gasteiger partial charge in [-0.3, -0.25) is 4.79 Å². The van der Waals surface area contributed by atoms with E-state index < -0.39 is 11.5 Å². The number of halogens is 1. The molecule has 2 heteroatoms. The molecule has 0 fully saturated rings. The number of allylic oxidation sites excluding steroid dienone is 1. The second-order valence-corrected chi connectivity index (χ2v) is 3.39. The monoisotopic (exact) mass is 192 g/mol. The van der Waals surface area contributed by atoms with Gasteiger partial charge in [-0.1, -0.05) is 36.4 Å². The van der Waals surface area contributed by atoms with Crippen LogP contribution in [0, 0.1) is 0 Å². The van der Waals surface area contributed by atoms with Crippen molar-refractivity contribution in [2.75, 3.05) is 0 Å². The highest BCUT2D eigenvalue weighted by Crippen LogP contribution is 2.21. The van der Waals surface area contributed by atoms with Gasteiger partial charge in [-0.2, -0.15) is 0 Å². The minimum Gasteiger partial charge on any atom is -0.291 e. The first kappa shape index (κ1) is 10.6. The van der Waals surface area contributed by atoms with Crippen LogP contribution in [0.1, 0.15) is 23.7 Å². The molecule has 0 N–H and O–H groups in total. The van der Waals surface area contributed by atoms with Crippen molar-refractivity contribution in [3.63, 3.8) is 0 Å². The van der Waals surface area contributed by atoms with Gasteiger partial charge in [0.1, 0.15) is 0 Å². The summed E-state index contributed by atoms with van der Waals surface area (Å²) < 4.78 is 13.7.